The summed E-state index contributed by atoms with van der Waals surface area (Å²) in [7, 11) is -4.00. The first-order valence-electron chi connectivity index (χ1n) is 14.0. The van der Waals surface area contributed by atoms with Gasteiger partial charge in [-0.3, -0.25) is 4.90 Å². The Morgan fingerprint density at radius 1 is 1.07 bits per heavy atom. The normalized spacial score (nSPS) is 23.2. The topological polar surface area (TPSA) is 84.4 Å². The number of benzene rings is 2. The predicted molar refractivity (Wildman–Crippen MR) is 149 cm³/mol. The minimum absolute atomic E-state index is 0.0487. The number of nitrogens with one attached hydrogen (secondary N) is 1. The molecule has 2 atom stereocenters. The Hall–Kier alpha value is -3.18. The summed E-state index contributed by atoms with van der Waals surface area (Å²) >= 11 is 0. The van der Waals surface area contributed by atoms with Crippen molar-refractivity contribution in [2.24, 2.45) is 5.41 Å². The molecule has 0 amide bonds. The Bertz CT molecular complexity index is 1550. The molecule has 6 rings (SSSR count). The number of likely N-dealkylation sites (tertiary alicyclic amines) is 1. The maximum atomic E-state index is 13.7. The van der Waals surface area contributed by atoms with E-state index in [9.17, 15) is 21.6 Å². The van der Waals surface area contributed by atoms with Crippen LogP contribution in [-0.2, 0) is 10.0 Å². The standard InChI is InChI=1S/C30H33F3N4O3S/c1-19-5-3-6-20(2)27(19)25-17-26-35-28(34-25)36-41(38,39)24-8-4-7-21(16-24)22-9-13-37(23(15-22)18-40-26)14-12-29(10-11-29)30(31,32)33/h3-8,16-17,22-23H,9-15,18H2,1-2H3,(H,34,35,36). The molecule has 2 fully saturated rings. The third-order valence-electron chi connectivity index (χ3n) is 8.90. The van der Waals surface area contributed by atoms with E-state index in [0.29, 0.717) is 25.2 Å². The fourth-order valence-electron chi connectivity index (χ4n) is 6.24. The first-order valence-corrected chi connectivity index (χ1v) is 15.4. The van der Waals surface area contributed by atoms with Crippen LogP contribution in [-0.4, -0.2) is 55.2 Å². The van der Waals surface area contributed by atoms with E-state index in [0.717, 1.165) is 28.7 Å². The van der Waals surface area contributed by atoms with Crippen LogP contribution in [0.5, 0.6) is 5.88 Å². The van der Waals surface area contributed by atoms with Crippen LogP contribution in [0.2, 0.25) is 0 Å². The molecular formula is C30H33F3N4O3S. The van der Waals surface area contributed by atoms with Crippen LogP contribution in [0.4, 0.5) is 19.1 Å². The number of halogens is 3. The van der Waals surface area contributed by atoms with Gasteiger partial charge >= 0.3 is 6.18 Å². The molecule has 11 heteroatoms. The summed E-state index contributed by atoms with van der Waals surface area (Å²) in [6.45, 7) is 5.06. The van der Waals surface area contributed by atoms with E-state index in [1.54, 1.807) is 18.2 Å². The highest BCUT2D eigenvalue weighted by molar-refractivity contribution is 7.92. The molecule has 3 heterocycles. The van der Waals surface area contributed by atoms with Gasteiger partial charge in [-0.15, -0.1) is 0 Å². The fourth-order valence-corrected chi connectivity index (χ4v) is 7.24. The highest BCUT2D eigenvalue weighted by Crippen LogP contribution is 2.60. The van der Waals surface area contributed by atoms with Crippen molar-refractivity contribution in [1.82, 2.24) is 14.9 Å². The van der Waals surface area contributed by atoms with E-state index < -0.39 is 21.6 Å². The average molecular weight is 587 g/mol. The van der Waals surface area contributed by atoms with E-state index in [-0.39, 0.29) is 54.6 Å². The maximum absolute atomic E-state index is 13.7. The van der Waals surface area contributed by atoms with Crippen molar-refractivity contribution in [3.8, 4) is 17.1 Å². The van der Waals surface area contributed by atoms with Crippen LogP contribution in [0.15, 0.2) is 53.4 Å². The van der Waals surface area contributed by atoms with Crippen molar-refractivity contribution in [1.29, 1.82) is 0 Å². The number of aryl methyl sites for hydroxylation is 2. The van der Waals surface area contributed by atoms with Gasteiger partial charge in [0.15, 0.2) is 0 Å². The predicted octanol–water partition coefficient (Wildman–Crippen LogP) is 6.23. The molecule has 2 aliphatic heterocycles. The Morgan fingerprint density at radius 3 is 2.51 bits per heavy atom. The molecule has 1 aromatic heterocycles. The number of hydrogen-bond donors (Lipinski definition) is 1. The zero-order chi connectivity index (χ0) is 29.0. The summed E-state index contributed by atoms with van der Waals surface area (Å²) in [5.41, 5.74) is 2.63. The quantitative estimate of drug-likeness (QED) is 0.390. The Balaban J connectivity index is 1.37. The lowest BCUT2D eigenvalue weighted by molar-refractivity contribution is -0.190. The van der Waals surface area contributed by atoms with Gasteiger partial charge in [0.05, 0.1) is 16.0 Å². The Labute approximate surface area is 238 Å². The molecule has 218 valence electrons. The van der Waals surface area contributed by atoms with Gasteiger partial charge in [0.25, 0.3) is 10.0 Å². The largest absolute Gasteiger partial charge is 0.476 e. The molecule has 2 aromatic carbocycles. The van der Waals surface area contributed by atoms with Crippen molar-refractivity contribution >= 4 is 16.0 Å². The molecule has 2 unspecified atom stereocenters. The molecule has 0 radical (unpaired) electrons. The van der Waals surface area contributed by atoms with Gasteiger partial charge in [-0.2, -0.15) is 18.2 Å². The lowest BCUT2D eigenvalue weighted by Gasteiger charge is -2.40. The molecule has 1 N–H and O–H groups in total. The van der Waals surface area contributed by atoms with E-state index >= 15 is 0 Å². The molecule has 1 aliphatic carbocycles. The molecule has 1 saturated carbocycles. The molecule has 3 aliphatic rings. The highest BCUT2D eigenvalue weighted by atomic mass is 32.2. The molecule has 0 spiro atoms. The SMILES string of the molecule is Cc1cccc(C)c1-c1cc2nc(n1)NS(=O)(=O)c1cccc(c1)C1CCN(CCC3(C(F)(F)F)CC3)C(CO2)C1. The summed E-state index contributed by atoms with van der Waals surface area (Å²) in [6, 6.07) is 14.2. The van der Waals surface area contributed by atoms with E-state index in [1.807, 2.05) is 38.1 Å². The number of aromatic nitrogens is 2. The maximum Gasteiger partial charge on any atom is 0.394 e. The van der Waals surface area contributed by atoms with Gasteiger partial charge in [0, 0.05) is 17.7 Å². The number of sulfonamides is 1. The number of fused-ring (bicyclic) bond motifs is 7. The highest BCUT2D eigenvalue weighted by Gasteiger charge is 2.62. The molecule has 7 nitrogen and oxygen atoms in total. The van der Waals surface area contributed by atoms with Gasteiger partial charge in [-0.25, -0.2) is 18.1 Å². The third-order valence-corrected chi connectivity index (χ3v) is 10.2. The van der Waals surface area contributed by atoms with Crippen molar-refractivity contribution in [3.63, 3.8) is 0 Å². The number of ether oxygens (including phenoxy) is 1. The van der Waals surface area contributed by atoms with Crippen molar-refractivity contribution in [2.75, 3.05) is 24.4 Å². The molecule has 3 aromatic rings. The van der Waals surface area contributed by atoms with Crippen LogP contribution in [0.1, 0.15) is 54.7 Å². The van der Waals surface area contributed by atoms with E-state index in [1.165, 1.54) is 6.07 Å². The van der Waals surface area contributed by atoms with Crippen molar-refractivity contribution < 1.29 is 26.3 Å². The molecule has 1 saturated heterocycles. The summed E-state index contributed by atoms with van der Waals surface area (Å²) in [4.78, 5) is 11.2. The molecule has 6 bridgehead atoms. The second-order valence-electron chi connectivity index (χ2n) is 11.6. The number of rotatable bonds is 4. The first kappa shape index (κ1) is 28.0. The number of hydrogen-bond acceptors (Lipinski definition) is 6. The number of piperidine rings is 1. The third kappa shape index (κ3) is 5.53. The van der Waals surface area contributed by atoms with Gasteiger partial charge in [0.2, 0.25) is 11.8 Å². The Kier molecular flexibility index (Phi) is 7.01. The van der Waals surface area contributed by atoms with Gasteiger partial charge in [0.1, 0.15) is 6.61 Å². The number of nitrogens with zero attached hydrogens (tertiary/aromatic N) is 3. The van der Waals surface area contributed by atoms with Crippen molar-refractivity contribution in [3.05, 3.63) is 65.2 Å². The zero-order valence-corrected chi connectivity index (χ0v) is 23.9. The van der Waals surface area contributed by atoms with Crippen LogP contribution in [0.3, 0.4) is 0 Å². The average Bonchev–Trinajstić information content (AvgIpc) is 3.72. The van der Waals surface area contributed by atoms with E-state index in [4.69, 9.17) is 4.74 Å². The monoisotopic (exact) mass is 586 g/mol. The summed E-state index contributed by atoms with van der Waals surface area (Å²) in [6.07, 6.45) is -2.38. The van der Waals surface area contributed by atoms with Gasteiger partial charge < -0.3 is 4.74 Å². The minimum Gasteiger partial charge on any atom is -0.476 e. The van der Waals surface area contributed by atoms with Gasteiger partial charge in [-0.05, 0) is 93.8 Å². The molecular weight excluding hydrogens is 553 g/mol. The van der Waals surface area contributed by atoms with E-state index in [2.05, 4.69) is 19.6 Å². The smallest absolute Gasteiger partial charge is 0.394 e. The number of alkyl halides is 3. The second kappa shape index (κ2) is 10.3. The summed E-state index contributed by atoms with van der Waals surface area (Å²) in [5.74, 6) is 0.149. The van der Waals surface area contributed by atoms with Crippen LogP contribution >= 0.6 is 0 Å². The first-order chi connectivity index (χ1) is 19.4. The summed E-state index contributed by atoms with van der Waals surface area (Å²) in [5, 5.41) is 0. The fraction of sp³-hybridized carbons (Fsp3) is 0.467. The van der Waals surface area contributed by atoms with Crippen LogP contribution in [0, 0.1) is 19.3 Å². The van der Waals surface area contributed by atoms with Crippen LogP contribution < -0.4 is 9.46 Å². The van der Waals surface area contributed by atoms with Crippen molar-refractivity contribution in [2.45, 2.75) is 69.0 Å². The lowest BCUT2D eigenvalue weighted by atomic mass is 9.85. The summed E-state index contributed by atoms with van der Waals surface area (Å²) < 4.78 is 76.6. The lowest BCUT2D eigenvalue weighted by Crippen LogP contribution is -2.46. The van der Waals surface area contributed by atoms with Gasteiger partial charge in [-0.1, -0.05) is 30.3 Å². The number of anilines is 1. The second-order valence-corrected chi connectivity index (χ2v) is 13.3. The minimum atomic E-state index is -4.19. The Morgan fingerprint density at radius 2 is 1.80 bits per heavy atom. The zero-order valence-electron chi connectivity index (χ0n) is 23.0. The molecule has 41 heavy (non-hydrogen) atoms. The van der Waals surface area contributed by atoms with Crippen LogP contribution in [0.25, 0.3) is 11.3 Å².